The maximum absolute atomic E-state index is 2.46. The van der Waals surface area contributed by atoms with Gasteiger partial charge in [-0.05, 0) is 37.8 Å². The van der Waals surface area contributed by atoms with Crippen LogP contribution in [0.4, 0.5) is 0 Å². The lowest BCUT2D eigenvalue weighted by Crippen LogP contribution is -2.35. The monoisotopic (exact) mass is 154 g/mol. The Hall–Kier alpha value is -0.0400. The van der Waals surface area contributed by atoms with Gasteiger partial charge in [0.1, 0.15) is 0 Å². The molecule has 0 amide bonds. The Morgan fingerprint density at radius 1 is 1.27 bits per heavy atom. The number of nitrogens with zero attached hydrogens (tertiary/aromatic N) is 1. The lowest BCUT2D eigenvalue weighted by molar-refractivity contribution is 0.155. The highest BCUT2D eigenvalue weighted by atomic mass is 15.1. The van der Waals surface area contributed by atoms with Gasteiger partial charge in [0.2, 0.25) is 0 Å². The van der Waals surface area contributed by atoms with Gasteiger partial charge in [-0.3, -0.25) is 4.90 Å². The van der Waals surface area contributed by atoms with E-state index in [1.807, 2.05) is 0 Å². The highest BCUT2D eigenvalue weighted by Crippen LogP contribution is 2.30. The van der Waals surface area contributed by atoms with E-state index in [9.17, 15) is 0 Å². The summed E-state index contributed by atoms with van der Waals surface area (Å²) in [5.41, 5.74) is 0.595. The average molecular weight is 154 g/mol. The summed E-state index contributed by atoms with van der Waals surface area (Å²) in [6.07, 6.45) is 3.88. The van der Waals surface area contributed by atoms with Crippen molar-refractivity contribution >= 4 is 0 Å². The van der Waals surface area contributed by atoms with Gasteiger partial charge in [-0.25, -0.2) is 0 Å². The van der Waals surface area contributed by atoms with Gasteiger partial charge in [-0.1, -0.05) is 20.8 Å². The molecule has 11 heavy (non-hydrogen) atoms. The van der Waals surface area contributed by atoms with Crippen LogP contribution in [0.1, 0.15) is 40.0 Å². The predicted molar refractivity (Wildman–Crippen MR) is 49.2 cm³/mol. The van der Waals surface area contributed by atoms with Gasteiger partial charge < -0.3 is 0 Å². The molecule has 0 aliphatic carbocycles. The van der Waals surface area contributed by atoms with E-state index in [0.29, 0.717) is 5.41 Å². The van der Waals surface area contributed by atoms with E-state index in [0.717, 1.165) is 0 Å². The zero-order chi connectivity index (χ0) is 8.32. The van der Waals surface area contributed by atoms with Crippen molar-refractivity contribution in [1.29, 1.82) is 0 Å². The van der Waals surface area contributed by atoms with Crippen molar-refractivity contribution in [1.82, 2.24) is 4.90 Å². The second-order valence-electron chi connectivity index (χ2n) is 4.29. The fraction of sp³-hybridized carbons (Fsp3) is 0.900. The predicted octanol–water partition coefficient (Wildman–Crippen LogP) is 2.68. The Bertz CT molecular complexity index is 108. The van der Waals surface area contributed by atoms with E-state index < -0.39 is 0 Å². The topological polar surface area (TPSA) is 3.24 Å². The minimum absolute atomic E-state index is 0.595. The number of piperidine rings is 1. The molecule has 0 N–H and O–H groups in total. The first-order chi connectivity index (χ1) is 5.14. The van der Waals surface area contributed by atoms with Gasteiger partial charge in [0.05, 0.1) is 0 Å². The molecule has 1 fully saturated rings. The largest absolute Gasteiger partial charge is 0.299 e. The van der Waals surface area contributed by atoms with E-state index in [1.54, 1.807) is 0 Å². The third-order valence-corrected chi connectivity index (χ3v) is 2.59. The smallest absolute Gasteiger partial charge is 0.0248 e. The fourth-order valence-electron chi connectivity index (χ4n) is 1.57. The van der Waals surface area contributed by atoms with E-state index in [1.165, 1.54) is 32.4 Å². The Balaban J connectivity index is 2.25. The van der Waals surface area contributed by atoms with E-state index in [2.05, 4.69) is 32.2 Å². The maximum Gasteiger partial charge on any atom is 0.0248 e. The van der Waals surface area contributed by atoms with Crippen LogP contribution < -0.4 is 0 Å². The summed E-state index contributed by atoms with van der Waals surface area (Å²) in [7, 11) is 0. The average Bonchev–Trinajstić information content (AvgIpc) is 1.94. The van der Waals surface area contributed by atoms with Crippen molar-refractivity contribution in [2.45, 2.75) is 40.0 Å². The van der Waals surface area contributed by atoms with Gasteiger partial charge in [0.15, 0.2) is 0 Å². The van der Waals surface area contributed by atoms with E-state index >= 15 is 0 Å². The zero-order valence-electron chi connectivity index (χ0n) is 8.06. The highest BCUT2D eigenvalue weighted by molar-refractivity contribution is 4.81. The number of hydrogen-bond donors (Lipinski definition) is 0. The molecular formula is C10H20N. The van der Waals surface area contributed by atoms with Crippen LogP contribution in [0.3, 0.4) is 0 Å². The summed E-state index contributed by atoms with van der Waals surface area (Å²) in [5.74, 6) is 0. The first-order valence-corrected chi connectivity index (χ1v) is 4.71. The van der Waals surface area contributed by atoms with Crippen LogP contribution in [0, 0.1) is 12.0 Å². The Morgan fingerprint density at radius 3 is 2.27 bits per heavy atom. The minimum atomic E-state index is 0.595. The van der Waals surface area contributed by atoms with Gasteiger partial charge in [0, 0.05) is 6.54 Å². The lowest BCUT2D eigenvalue weighted by Gasteiger charge is -2.36. The van der Waals surface area contributed by atoms with Crippen molar-refractivity contribution in [3.63, 3.8) is 0 Å². The molecule has 1 nitrogen and oxygen atoms in total. The van der Waals surface area contributed by atoms with E-state index in [-0.39, 0.29) is 0 Å². The van der Waals surface area contributed by atoms with Crippen molar-refractivity contribution < 1.29 is 0 Å². The summed E-state index contributed by atoms with van der Waals surface area (Å²) in [5, 5.41) is 0. The second kappa shape index (κ2) is 3.57. The van der Waals surface area contributed by atoms with Crippen molar-refractivity contribution in [3.05, 3.63) is 6.54 Å². The zero-order valence-corrected chi connectivity index (χ0v) is 8.06. The van der Waals surface area contributed by atoms with Gasteiger partial charge in [-0.2, -0.15) is 0 Å². The SMILES string of the molecule is CC[CH]N1CCC(C)(C)CC1. The van der Waals surface area contributed by atoms with Crippen molar-refractivity contribution in [2.75, 3.05) is 13.1 Å². The van der Waals surface area contributed by atoms with Crippen LogP contribution in [-0.2, 0) is 0 Å². The summed E-state index contributed by atoms with van der Waals surface area (Å²) >= 11 is 0. The molecular weight excluding hydrogens is 134 g/mol. The maximum atomic E-state index is 2.46. The lowest BCUT2D eigenvalue weighted by atomic mass is 9.83. The summed E-state index contributed by atoms with van der Waals surface area (Å²) in [6, 6.07) is 0. The molecule has 0 aromatic carbocycles. The molecule has 1 aliphatic rings. The molecule has 0 saturated carbocycles. The number of rotatable bonds is 2. The second-order valence-corrected chi connectivity index (χ2v) is 4.29. The minimum Gasteiger partial charge on any atom is -0.299 e. The van der Waals surface area contributed by atoms with Crippen LogP contribution in [0.5, 0.6) is 0 Å². The summed E-state index contributed by atoms with van der Waals surface area (Å²) in [4.78, 5) is 2.46. The van der Waals surface area contributed by atoms with Crippen LogP contribution in [-0.4, -0.2) is 18.0 Å². The molecule has 1 radical (unpaired) electrons. The molecule has 0 aromatic rings. The molecule has 1 saturated heterocycles. The standard InChI is InChI=1S/C10H20N/c1-4-7-11-8-5-10(2,3)6-9-11/h7H,4-6,8-9H2,1-3H3. The van der Waals surface area contributed by atoms with Gasteiger partial charge in [0.25, 0.3) is 0 Å². The molecule has 0 bridgehead atoms. The molecule has 0 unspecified atom stereocenters. The molecule has 0 aromatic heterocycles. The number of hydrogen-bond acceptors (Lipinski definition) is 1. The molecule has 1 heterocycles. The summed E-state index contributed by atoms with van der Waals surface area (Å²) in [6.45, 7) is 11.8. The molecule has 1 heteroatoms. The Morgan fingerprint density at radius 2 is 1.82 bits per heavy atom. The highest BCUT2D eigenvalue weighted by Gasteiger charge is 2.24. The van der Waals surface area contributed by atoms with Crippen molar-refractivity contribution in [2.24, 2.45) is 5.41 Å². The van der Waals surface area contributed by atoms with Crippen LogP contribution in [0.2, 0.25) is 0 Å². The molecule has 0 spiro atoms. The molecule has 65 valence electrons. The van der Waals surface area contributed by atoms with Gasteiger partial charge in [-0.15, -0.1) is 0 Å². The first kappa shape index (κ1) is 9.05. The third-order valence-electron chi connectivity index (χ3n) is 2.59. The Labute approximate surface area is 70.8 Å². The van der Waals surface area contributed by atoms with Crippen molar-refractivity contribution in [3.8, 4) is 0 Å². The third kappa shape index (κ3) is 2.82. The quantitative estimate of drug-likeness (QED) is 0.591. The van der Waals surface area contributed by atoms with Crippen LogP contribution in [0.25, 0.3) is 0 Å². The molecule has 0 atom stereocenters. The molecule has 1 aliphatic heterocycles. The van der Waals surface area contributed by atoms with Crippen LogP contribution >= 0.6 is 0 Å². The fourth-order valence-corrected chi connectivity index (χ4v) is 1.57. The Kier molecular flexibility index (Phi) is 2.94. The van der Waals surface area contributed by atoms with Gasteiger partial charge >= 0.3 is 0 Å². The van der Waals surface area contributed by atoms with Crippen LogP contribution in [0.15, 0.2) is 0 Å². The molecule has 1 rings (SSSR count). The normalized spacial score (nSPS) is 25.4. The number of likely N-dealkylation sites (tertiary alicyclic amines) is 1. The van der Waals surface area contributed by atoms with E-state index in [4.69, 9.17) is 0 Å². The first-order valence-electron chi connectivity index (χ1n) is 4.71. The summed E-state index contributed by atoms with van der Waals surface area (Å²) < 4.78 is 0.